The number of hydrogen-bond acceptors (Lipinski definition) is 8. The minimum absolute atomic E-state index is 0.0297. The van der Waals surface area contributed by atoms with Gasteiger partial charge in [-0.3, -0.25) is 5.32 Å². The summed E-state index contributed by atoms with van der Waals surface area (Å²) < 4.78 is 36.7. The zero-order chi connectivity index (χ0) is 31.2. The maximum absolute atomic E-state index is 16.5. The molecule has 3 heterocycles. The number of hydrogen-bond donors (Lipinski definition) is 2. The van der Waals surface area contributed by atoms with Gasteiger partial charge in [-0.2, -0.15) is 5.26 Å². The van der Waals surface area contributed by atoms with E-state index in [4.69, 9.17) is 22.8 Å². The molecule has 2 N–H and O–H groups in total. The molecule has 0 unspecified atom stereocenters. The summed E-state index contributed by atoms with van der Waals surface area (Å²) in [6.45, 7) is 5.81. The van der Waals surface area contributed by atoms with Gasteiger partial charge in [-0.1, -0.05) is 22.9 Å². The summed E-state index contributed by atoms with van der Waals surface area (Å²) in [6.07, 6.45) is 3.81. The number of halogens is 3. The van der Waals surface area contributed by atoms with Crippen LogP contribution in [-0.4, -0.2) is 63.9 Å². The average molecular weight is 625 g/mol. The summed E-state index contributed by atoms with van der Waals surface area (Å²) >= 11 is 7.53. The third-order valence-corrected chi connectivity index (χ3v) is 7.91. The lowest BCUT2D eigenvalue weighted by Crippen LogP contribution is -2.48. The Kier molecular flexibility index (Phi) is 7.73. The van der Waals surface area contributed by atoms with Crippen molar-refractivity contribution in [1.82, 2.24) is 14.9 Å². The number of carbonyl (C=O) groups excluding carboxylic acids is 1. The summed E-state index contributed by atoms with van der Waals surface area (Å²) in [6, 6.07) is 5.96. The van der Waals surface area contributed by atoms with Crippen molar-refractivity contribution in [3.63, 3.8) is 0 Å². The van der Waals surface area contributed by atoms with Gasteiger partial charge in [0.2, 0.25) is 0 Å². The van der Waals surface area contributed by atoms with Crippen molar-refractivity contribution in [2.75, 3.05) is 36.4 Å². The maximum Gasteiger partial charge on any atom is 0.413 e. The Morgan fingerprint density at radius 1 is 1.19 bits per heavy atom. The molecule has 220 valence electrons. The van der Waals surface area contributed by atoms with Crippen molar-refractivity contribution in [2.24, 2.45) is 0 Å². The smallest absolute Gasteiger partial charge is 0.413 e. The van der Waals surface area contributed by atoms with Crippen LogP contribution in [0.25, 0.3) is 32.2 Å². The Bertz CT molecular complexity index is 1900. The van der Waals surface area contributed by atoms with Gasteiger partial charge in [0, 0.05) is 42.7 Å². The third kappa shape index (κ3) is 5.57. The highest BCUT2D eigenvalue weighted by Crippen LogP contribution is 2.44. The minimum atomic E-state index is -1.07. The number of fused-ring (bicyclic) bond motifs is 2. The van der Waals surface area contributed by atoms with Crippen LogP contribution in [0.15, 0.2) is 18.2 Å². The first kappa shape index (κ1) is 29.8. The van der Waals surface area contributed by atoms with Crippen LogP contribution in [0.1, 0.15) is 32.0 Å². The number of aromatic nitrogens is 2. The van der Waals surface area contributed by atoms with E-state index in [9.17, 15) is 24.3 Å². The Morgan fingerprint density at radius 2 is 1.88 bits per heavy atom. The van der Waals surface area contributed by atoms with E-state index in [0.29, 0.717) is 5.69 Å². The normalized spacial score (nSPS) is 13.6. The maximum atomic E-state index is 16.5. The molecule has 0 radical (unpaired) electrons. The Labute approximate surface area is 253 Å². The van der Waals surface area contributed by atoms with E-state index in [-0.39, 0.29) is 79.8 Å². The van der Waals surface area contributed by atoms with Gasteiger partial charge in [-0.05, 0) is 44.9 Å². The second-order valence-electron chi connectivity index (χ2n) is 10.6. The molecule has 1 aliphatic heterocycles. The number of rotatable bonds is 3. The summed E-state index contributed by atoms with van der Waals surface area (Å²) in [5.74, 6) is 0.827. The topological polar surface area (TPSA) is 132 Å². The molecule has 1 saturated heterocycles. The van der Waals surface area contributed by atoms with Crippen LogP contribution in [-0.2, 0) is 4.74 Å². The third-order valence-electron chi connectivity index (χ3n) is 6.63. The Hall–Kier alpha value is -4.72. The molecule has 10 nitrogen and oxygen atoms in total. The molecule has 0 aliphatic carbocycles. The molecule has 2 amide bonds. The quantitative estimate of drug-likeness (QED) is 0.249. The minimum Gasteiger partial charge on any atom is -0.465 e. The van der Waals surface area contributed by atoms with E-state index in [2.05, 4.69) is 21.2 Å². The SMILES string of the molecule is C#Cc1nc2c(F)c(-c3ccc(F)c4sc(NC(=O)OC(C)(C)C)nc34)c(Cl)cc2c(N2CCN(C(=O)O)CC2)c1C#N. The van der Waals surface area contributed by atoms with E-state index in [1.165, 1.54) is 17.0 Å². The molecule has 0 spiro atoms. The van der Waals surface area contributed by atoms with Crippen LogP contribution in [0.3, 0.4) is 0 Å². The van der Waals surface area contributed by atoms with Gasteiger partial charge in [-0.15, -0.1) is 6.42 Å². The molecule has 2 aromatic heterocycles. The number of thiazole rings is 1. The van der Waals surface area contributed by atoms with E-state index in [1.807, 2.05) is 6.07 Å². The van der Waals surface area contributed by atoms with Crippen LogP contribution in [0.5, 0.6) is 0 Å². The lowest BCUT2D eigenvalue weighted by atomic mass is 9.98. The lowest BCUT2D eigenvalue weighted by molar-refractivity contribution is 0.0636. The van der Waals surface area contributed by atoms with Crippen molar-refractivity contribution in [3.8, 4) is 29.5 Å². The van der Waals surface area contributed by atoms with Crippen molar-refractivity contribution in [1.29, 1.82) is 5.26 Å². The average Bonchev–Trinajstić information content (AvgIpc) is 3.36. The molecular formula is C29H23ClF2N6O4S. The zero-order valence-corrected chi connectivity index (χ0v) is 24.7. The molecule has 0 saturated carbocycles. The lowest BCUT2D eigenvalue weighted by Gasteiger charge is -2.35. The van der Waals surface area contributed by atoms with Crippen molar-refractivity contribution < 1.29 is 28.2 Å². The molecular weight excluding hydrogens is 602 g/mol. The number of anilines is 2. The summed E-state index contributed by atoms with van der Waals surface area (Å²) in [7, 11) is 0. The van der Waals surface area contributed by atoms with Crippen LogP contribution in [0, 0.1) is 35.3 Å². The Morgan fingerprint density at radius 3 is 2.49 bits per heavy atom. The molecule has 0 atom stereocenters. The summed E-state index contributed by atoms with van der Waals surface area (Å²) in [5.41, 5.74) is -0.678. The second-order valence-corrected chi connectivity index (χ2v) is 12.0. The molecule has 4 aromatic rings. The number of nitrogens with zero attached hydrogens (tertiary/aromatic N) is 5. The summed E-state index contributed by atoms with van der Waals surface area (Å²) in [5, 5.41) is 22.0. The molecule has 1 fully saturated rings. The molecule has 5 rings (SSSR count). The molecule has 43 heavy (non-hydrogen) atoms. The van der Waals surface area contributed by atoms with Crippen molar-refractivity contribution >= 4 is 67.1 Å². The molecule has 0 bridgehead atoms. The largest absolute Gasteiger partial charge is 0.465 e. The number of nitrogens with one attached hydrogen (secondary N) is 1. The predicted octanol–water partition coefficient (Wildman–Crippen LogP) is 6.44. The number of terminal acetylenes is 1. The van der Waals surface area contributed by atoms with Gasteiger partial charge in [0.1, 0.15) is 34.3 Å². The van der Waals surface area contributed by atoms with Gasteiger partial charge >= 0.3 is 12.2 Å². The van der Waals surface area contributed by atoms with Crippen LogP contribution >= 0.6 is 22.9 Å². The number of nitriles is 1. The number of carboxylic acid groups (broad SMARTS) is 1. The molecule has 14 heteroatoms. The predicted molar refractivity (Wildman–Crippen MR) is 160 cm³/mol. The highest BCUT2D eigenvalue weighted by molar-refractivity contribution is 7.22. The highest BCUT2D eigenvalue weighted by atomic mass is 35.5. The first-order valence-corrected chi connectivity index (χ1v) is 14.1. The number of piperazine rings is 1. The second kappa shape index (κ2) is 11.2. The van der Waals surface area contributed by atoms with E-state index >= 15 is 4.39 Å². The first-order valence-electron chi connectivity index (χ1n) is 12.9. The fourth-order valence-electron chi connectivity index (χ4n) is 4.84. The number of ether oxygens (including phenoxy) is 1. The van der Waals surface area contributed by atoms with Crippen molar-refractivity contribution in [3.05, 3.63) is 46.1 Å². The first-order chi connectivity index (χ1) is 20.3. The number of pyridine rings is 1. The fraction of sp³-hybridized carbons (Fsp3) is 0.276. The van der Waals surface area contributed by atoms with E-state index in [0.717, 1.165) is 17.4 Å². The van der Waals surface area contributed by atoms with Crippen LogP contribution in [0.4, 0.5) is 29.2 Å². The van der Waals surface area contributed by atoms with Crippen molar-refractivity contribution in [2.45, 2.75) is 26.4 Å². The zero-order valence-electron chi connectivity index (χ0n) is 23.1. The van der Waals surface area contributed by atoms with Gasteiger partial charge in [-0.25, -0.2) is 28.3 Å². The van der Waals surface area contributed by atoms with Gasteiger partial charge in [0.05, 0.1) is 20.9 Å². The summed E-state index contributed by atoms with van der Waals surface area (Å²) in [4.78, 5) is 35.3. The number of benzene rings is 2. The number of carbonyl (C=O) groups is 2. The molecule has 2 aromatic carbocycles. The van der Waals surface area contributed by atoms with E-state index in [1.54, 1.807) is 25.7 Å². The number of amides is 2. The van der Waals surface area contributed by atoms with Crippen LogP contribution in [0.2, 0.25) is 5.02 Å². The molecule has 1 aliphatic rings. The standard InChI is InChI=1S/C29H23ClF2N6O4S/c1-5-19-16(13-33)24(37-8-10-38(11-9-37)28(40)41)15-12-17(30)20(21(32)22(15)34-19)14-6-7-18(31)25-23(14)35-26(43-25)36-27(39)42-29(2,3)4/h1,6-7,12H,8-11H2,2-4H3,(H,40,41)(H,35,36,39). The van der Waals surface area contributed by atoms with Gasteiger partial charge in [0.15, 0.2) is 10.9 Å². The van der Waals surface area contributed by atoms with Gasteiger partial charge < -0.3 is 19.6 Å². The van der Waals surface area contributed by atoms with E-state index < -0.39 is 29.4 Å². The highest BCUT2D eigenvalue weighted by Gasteiger charge is 2.29. The monoisotopic (exact) mass is 624 g/mol. The van der Waals surface area contributed by atoms with Crippen LogP contribution < -0.4 is 10.2 Å². The van der Waals surface area contributed by atoms with Gasteiger partial charge in [0.25, 0.3) is 0 Å². The fourth-order valence-corrected chi connectivity index (χ4v) is 6.02. The Balaban J connectivity index is 1.67.